The standard InChI is InChI=1S/C38H48N6O5/c1-25-7-11-27(12-8-25)38-31-18-33(49-23-30-6-5-15-48-30)32(47-4)16-28(31)17-36(45)44(38)35-20-39-34(19-40-35)41(2)21-26-9-13-29(14-10-26)43-22-37(46)42(3)24-43/h7-8,11-12,16,18-20,26,29-30,38H,5-6,9-10,13-15,17,21-24H2,1-4H3. The predicted molar refractivity (Wildman–Crippen MR) is 187 cm³/mol. The first-order chi connectivity index (χ1) is 23.8. The Hall–Kier alpha value is -4.22. The fourth-order valence-electron chi connectivity index (χ4n) is 7.87. The van der Waals surface area contributed by atoms with E-state index in [-0.39, 0.29) is 24.3 Å². The average Bonchev–Trinajstić information content (AvgIpc) is 3.76. The second-order valence-corrected chi connectivity index (χ2v) is 14.2. The molecular weight excluding hydrogens is 620 g/mol. The van der Waals surface area contributed by atoms with Crippen molar-refractivity contribution >= 4 is 23.5 Å². The molecule has 2 aromatic carbocycles. The van der Waals surface area contributed by atoms with Gasteiger partial charge in [-0.3, -0.25) is 19.4 Å². The zero-order valence-electron chi connectivity index (χ0n) is 29.1. The van der Waals surface area contributed by atoms with E-state index >= 15 is 0 Å². The molecule has 3 aliphatic heterocycles. The largest absolute Gasteiger partial charge is 0.493 e. The molecule has 2 atom stereocenters. The molecule has 1 aliphatic carbocycles. The van der Waals surface area contributed by atoms with Crippen LogP contribution in [0.1, 0.15) is 66.8 Å². The van der Waals surface area contributed by atoms with Gasteiger partial charge in [-0.05, 0) is 80.2 Å². The number of hydrogen-bond donors (Lipinski definition) is 0. The van der Waals surface area contributed by atoms with Crippen molar-refractivity contribution in [3.05, 3.63) is 71.0 Å². The van der Waals surface area contributed by atoms with Crippen molar-refractivity contribution in [3.63, 3.8) is 0 Å². The van der Waals surface area contributed by atoms with E-state index in [1.165, 1.54) is 0 Å². The van der Waals surface area contributed by atoms with Crippen LogP contribution in [0.15, 0.2) is 48.8 Å². The van der Waals surface area contributed by atoms with E-state index in [2.05, 4.69) is 48.0 Å². The highest BCUT2D eigenvalue weighted by atomic mass is 16.5. The molecule has 4 heterocycles. The van der Waals surface area contributed by atoms with E-state index < -0.39 is 6.04 Å². The molecule has 0 N–H and O–H groups in total. The molecule has 260 valence electrons. The number of anilines is 2. The third-order valence-corrected chi connectivity index (χ3v) is 10.7. The number of likely N-dealkylation sites (N-methyl/N-ethyl adjacent to an activating group) is 1. The summed E-state index contributed by atoms with van der Waals surface area (Å²) in [6.07, 6.45) is 10.3. The molecule has 4 aliphatic rings. The summed E-state index contributed by atoms with van der Waals surface area (Å²) in [7, 11) is 5.58. The Kier molecular flexibility index (Phi) is 9.73. The van der Waals surface area contributed by atoms with Gasteiger partial charge in [0.05, 0.1) is 51.3 Å². The Labute approximate surface area is 289 Å². The minimum absolute atomic E-state index is 0.0498. The molecule has 1 saturated carbocycles. The number of fused-ring (bicyclic) bond motifs is 1. The summed E-state index contributed by atoms with van der Waals surface area (Å²) < 4.78 is 17.8. The van der Waals surface area contributed by atoms with Crippen LogP contribution in [0.4, 0.5) is 11.6 Å². The topological polar surface area (TPSA) is 101 Å². The Balaban J connectivity index is 1.09. The van der Waals surface area contributed by atoms with Gasteiger partial charge in [0.15, 0.2) is 17.3 Å². The number of benzene rings is 2. The molecule has 2 unspecified atom stereocenters. The van der Waals surface area contributed by atoms with Crippen molar-refractivity contribution in [1.29, 1.82) is 0 Å². The van der Waals surface area contributed by atoms with Crippen molar-refractivity contribution in [2.75, 3.05) is 64.0 Å². The van der Waals surface area contributed by atoms with E-state index in [0.717, 1.165) is 86.4 Å². The number of aryl methyl sites for hydroxylation is 1. The van der Waals surface area contributed by atoms with Gasteiger partial charge >= 0.3 is 0 Å². The van der Waals surface area contributed by atoms with Crippen molar-refractivity contribution < 1.29 is 23.8 Å². The fraction of sp³-hybridized carbons (Fsp3) is 0.526. The SMILES string of the molecule is COc1cc2c(cc1OCC1CCCO1)C(c1ccc(C)cc1)N(c1cnc(N(C)CC3CCC(N4CC(=O)N(C)C4)CC3)cn1)C(=O)C2. The Morgan fingerprint density at radius 1 is 0.980 bits per heavy atom. The number of hydrogen-bond acceptors (Lipinski definition) is 9. The molecule has 7 rings (SSSR count). The van der Waals surface area contributed by atoms with E-state index in [1.54, 1.807) is 24.4 Å². The highest BCUT2D eigenvalue weighted by Crippen LogP contribution is 2.43. The van der Waals surface area contributed by atoms with E-state index in [4.69, 9.17) is 24.2 Å². The van der Waals surface area contributed by atoms with Crippen LogP contribution in [0.25, 0.3) is 0 Å². The number of amides is 2. The molecular formula is C38H48N6O5. The molecule has 0 bridgehead atoms. The van der Waals surface area contributed by atoms with Crippen LogP contribution in [0.3, 0.4) is 0 Å². The monoisotopic (exact) mass is 668 g/mol. The molecule has 11 nitrogen and oxygen atoms in total. The van der Waals surface area contributed by atoms with Crippen LogP contribution in [0.2, 0.25) is 0 Å². The van der Waals surface area contributed by atoms with Crippen molar-refractivity contribution in [1.82, 2.24) is 19.8 Å². The third kappa shape index (κ3) is 7.10. The second-order valence-electron chi connectivity index (χ2n) is 14.2. The highest BCUT2D eigenvalue weighted by molar-refractivity contribution is 5.97. The Morgan fingerprint density at radius 3 is 2.43 bits per heavy atom. The van der Waals surface area contributed by atoms with E-state index in [9.17, 15) is 9.59 Å². The number of aromatic nitrogens is 2. The van der Waals surface area contributed by atoms with Crippen LogP contribution in [0, 0.1) is 12.8 Å². The summed E-state index contributed by atoms with van der Waals surface area (Å²) in [5.41, 5.74) is 4.02. The first-order valence-electron chi connectivity index (χ1n) is 17.6. The number of carbonyl (C=O) groups is 2. The summed E-state index contributed by atoms with van der Waals surface area (Å²) in [4.78, 5) is 43.8. The van der Waals surface area contributed by atoms with Gasteiger partial charge in [0, 0.05) is 33.3 Å². The maximum Gasteiger partial charge on any atom is 0.237 e. The van der Waals surface area contributed by atoms with Crippen LogP contribution in [0.5, 0.6) is 11.5 Å². The third-order valence-electron chi connectivity index (χ3n) is 10.7. The number of nitrogens with zero attached hydrogens (tertiary/aromatic N) is 6. The smallest absolute Gasteiger partial charge is 0.237 e. The van der Waals surface area contributed by atoms with Crippen LogP contribution in [-0.4, -0.2) is 97.9 Å². The summed E-state index contributed by atoms with van der Waals surface area (Å²) in [6.45, 7) is 5.45. The first-order valence-corrected chi connectivity index (χ1v) is 17.6. The van der Waals surface area contributed by atoms with Gasteiger partial charge in [-0.25, -0.2) is 9.97 Å². The van der Waals surface area contributed by atoms with Crippen molar-refractivity contribution in [2.45, 2.75) is 70.1 Å². The number of ether oxygens (including phenoxy) is 3. The predicted octanol–water partition coefficient (Wildman–Crippen LogP) is 4.76. The van der Waals surface area contributed by atoms with Gasteiger partial charge in [0.25, 0.3) is 0 Å². The summed E-state index contributed by atoms with van der Waals surface area (Å²) in [5, 5.41) is 0. The van der Waals surface area contributed by atoms with Gasteiger partial charge in [-0.15, -0.1) is 0 Å². The molecule has 1 aromatic heterocycles. The number of rotatable bonds is 10. The molecule has 3 aromatic rings. The summed E-state index contributed by atoms with van der Waals surface area (Å²) in [6, 6.07) is 12.3. The lowest BCUT2D eigenvalue weighted by Gasteiger charge is -2.37. The van der Waals surface area contributed by atoms with E-state index in [0.29, 0.717) is 42.4 Å². The summed E-state index contributed by atoms with van der Waals surface area (Å²) in [5.74, 6) is 3.27. The quantitative estimate of drug-likeness (QED) is 0.303. The highest BCUT2D eigenvalue weighted by Gasteiger charge is 2.37. The van der Waals surface area contributed by atoms with Gasteiger partial charge in [0.1, 0.15) is 12.4 Å². The minimum atomic E-state index is -0.411. The van der Waals surface area contributed by atoms with Gasteiger partial charge in [0.2, 0.25) is 11.8 Å². The van der Waals surface area contributed by atoms with Gasteiger partial charge in [-0.1, -0.05) is 29.8 Å². The molecule has 2 amide bonds. The lowest BCUT2D eigenvalue weighted by atomic mass is 9.85. The van der Waals surface area contributed by atoms with Gasteiger partial charge in [-0.2, -0.15) is 0 Å². The normalized spacial score (nSPS) is 24.3. The van der Waals surface area contributed by atoms with Crippen molar-refractivity contribution in [2.24, 2.45) is 5.92 Å². The Morgan fingerprint density at radius 2 is 1.78 bits per heavy atom. The lowest BCUT2D eigenvalue weighted by Crippen LogP contribution is -2.41. The van der Waals surface area contributed by atoms with Crippen LogP contribution >= 0.6 is 0 Å². The maximum atomic E-state index is 14.0. The van der Waals surface area contributed by atoms with Crippen LogP contribution in [-0.2, 0) is 20.7 Å². The molecule has 2 saturated heterocycles. The molecule has 0 radical (unpaired) electrons. The second kappa shape index (κ2) is 14.3. The minimum Gasteiger partial charge on any atom is -0.493 e. The molecule has 3 fully saturated rings. The first kappa shape index (κ1) is 33.3. The van der Waals surface area contributed by atoms with Crippen molar-refractivity contribution in [3.8, 4) is 11.5 Å². The Bertz CT molecular complexity index is 1640. The average molecular weight is 669 g/mol. The zero-order valence-corrected chi connectivity index (χ0v) is 29.1. The van der Waals surface area contributed by atoms with Crippen LogP contribution < -0.4 is 19.3 Å². The molecule has 11 heteroatoms. The molecule has 49 heavy (non-hydrogen) atoms. The zero-order chi connectivity index (χ0) is 34.1. The number of carbonyl (C=O) groups excluding carboxylic acids is 2. The fourth-order valence-corrected chi connectivity index (χ4v) is 7.87. The molecule has 0 spiro atoms. The van der Waals surface area contributed by atoms with E-state index in [1.807, 2.05) is 24.1 Å². The summed E-state index contributed by atoms with van der Waals surface area (Å²) >= 11 is 0. The maximum absolute atomic E-state index is 14.0. The lowest BCUT2D eigenvalue weighted by molar-refractivity contribution is -0.125. The van der Waals surface area contributed by atoms with Gasteiger partial charge < -0.3 is 24.0 Å². The number of methoxy groups -OCH3 is 1.